The van der Waals surface area contributed by atoms with E-state index in [1.54, 1.807) is 6.20 Å². The lowest BCUT2D eigenvalue weighted by molar-refractivity contribution is -0.156. The van der Waals surface area contributed by atoms with Crippen molar-refractivity contribution >= 4 is 5.97 Å². The van der Waals surface area contributed by atoms with Crippen molar-refractivity contribution in [1.82, 2.24) is 9.78 Å². The van der Waals surface area contributed by atoms with Crippen molar-refractivity contribution in [2.45, 2.75) is 59.1 Å². The van der Waals surface area contributed by atoms with Gasteiger partial charge in [0.05, 0.1) is 12.1 Å². The number of esters is 1. The van der Waals surface area contributed by atoms with Gasteiger partial charge in [0.25, 0.3) is 0 Å². The Morgan fingerprint density at radius 3 is 2.71 bits per heavy atom. The van der Waals surface area contributed by atoms with Crippen LogP contribution in [0, 0.1) is 0 Å². The standard InChI is InChI=1S/C13H22N2O2/c1-6-7-15-9-11(8-14-15)10(2)12(16)17-13(3,4)5/h8-10H,6-7H2,1-5H3. The number of hydrogen-bond acceptors (Lipinski definition) is 3. The maximum absolute atomic E-state index is 11.9. The Balaban J connectivity index is 2.68. The molecule has 1 aromatic rings. The number of carbonyl (C=O) groups is 1. The van der Waals surface area contributed by atoms with Gasteiger partial charge in [0.2, 0.25) is 0 Å². The van der Waals surface area contributed by atoms with Crippen LogP contribution in [0.5, 0.6) is 0 Å². The Labute approximate surface area is 103 Å². The predicted molar refractivity (Wildman–Crippen MR) is 66.8 cm³/mol. The maximum atomic E-state index is 11.9. The van der Waals surface area contributed by atoms with E-state index in [0.29, 0.717) is 0 Å². The minimum atomic E-state index is -0.440. The number of hydrogen-bond donors (Lipinski definition) is 0. The van der Waals surface area contributed by atoms with Crippen LogP contribution in [0.25, 0.3) is 0 Å². The summed E-state index contributed by atoms with van der Waals surface area (Å²) in [5.41, 5.74) is 0.470. The van der Waals surface area contributed by atoms with Crippen LogP contribution in [0.15, 0.2) is 12.4 Å². The Hall–Kier alpha value is -1.32. The van der Waals surface area contributed by atoms with Gasteiger partial charge in [0, 0.05) is 18.3 Å². The molecule has 0 aliphatic carbocycles. The molecule has 1 rings (SSSR count). The topological polar surface area (TPSA) is 44.1 Å². The van der Waals surface area contributed by atoms with Crippen molar-refractivity contribution in [2.24, 2.45) is 0 Å². The number of rotatable bonds is 4. The van der Waals surface area contributed by atoms with Gasteiger partial charge in [0.15, 0.2) is 0 Å². The highest BCUT2D eigenvalue weighted by molar-refractivity contribution is 5.77. The highest BCUT2D eigenvalue weighted by atomic mass is 16.6. The van der Waals surface area contributed by atoms with Crippen LogP contribution in [0.1, 0.15) is 52.5 Å². The van der Waals surface area contributed by atoms with E-state index in [9.17, 15) is 4.79 Å². The third kappa shape index (κ3) is 4.21. The van der Waals surface area contributed by atoms with Gasteiger partial charge >= 0.3 is 5.97 Å². The van der Waals surface area contributed by atoms with Crippen LogP contribution in [0.3, 0.4) is 0 Å². The fourth-order valence-electron chi connectivity index (χ4n) is 1.48. The average molecular weight is 238 g/mol. The lowest BCUT2D eigenvalue weighted by Crippen LogP contribution is -2.26. The molecule has 0 saturated carbocycles. The zero-order valence-corrected chi connectivity index (χ0v) is 11.4. The Morgan fingerprint density at radius 1 is 1.53 bits per heavy atom. The molecule has 0 aliphatic heterocycles. The van der Waals surface area contributed by atoms with Gasteiger partial charge in [-0.3, -0.25) is 9.48 Å². The molecule has 96 valence electrons. The fourth-order valence-corrected chi connectivity index (χ4v) is 1.48. The van der Waals surface area contributed by atoms with Crippen molar-refractivity contribution < 1.29 is 9.53 Å². The Bertz CT molecular complexity index is 377. The Morgan fingerprint density at radius 2 is 2.18 bits per heavy atom. The molecule has 1 heterocycles. The number of aromatic nitrogens is 2. The molecular weight excluding hydrogens is 216 g/mol. The van der Waals surface area contributed by atoms with Crippen LogP contribution in [-0.4, -0.2) is 21.4 Å². The van der Waals surface area contributed by atoms with Crippen LogP contribution in [-0.2, 0) is 16.1 Å². The molecule has 0 bridgehead atoms. The zero-order valence-electron chi connectivity index (χ0n) is 11.4. The Kier molecular flexibility index (Phi) is 4.32. The third-order valence-electron chi connectivity index (χ3n) is 2.37. The van der Waals surface area contributed by atoms with Gasteiger partial charge in [0.1, 0.15) is 5.60 Å². The van der Waals surface area contributed by atoms with Crippen molar-refractivity contribution in [3.05, 3.63) is 18.0 Å². The first-order valence-electron chi connectivity index (χ1n) is 6.08. The highest BCUT2D eigenvalue weighted by Crippen LogP contribution is 2.19. The summed E-state index contributed by atoms with van der Waals surface area (Å²) in [4.78, 5) is 11.9. The maximum Gasteiger partial charge on any atom is 0.313 e. The normalized spacial score (nSPS) is 13.5. The highest BCUT2D eigenvalue weighted by Gasteiger charge is 2.23. The summed E-state index contributed by atoms with van der Waals surface area (Å²) in [5.74, 6) is -0.464. The molecule has 0 radical (unpaired) electrons. The summed E-state index contributed by atoms with van der Waals surface area (Å²) in [7, 11) is 0. The van der Waals surface area contributed by atoms with Gasteiger partial charge in [-0.15, -0.1) is 0 Å². The minimum Gasteiger partial charge on any atom is -0.460 e. The molecular formula is C13H22N2O2. The van der Waals surface area contributed by atoms with E-state index in [4.69, 9.17) is 4.74 Å². The summed E-state index contributed by atoms with van der Waals surface area (Å²) in [6.45, 7) is 10.4. The summed E-state index contributed by atoms with van der Waals surface area (Å²) >= 11 is 0. The first kappa shape index (κ1) is 13.7. The van der Waals surface area contributed by atoms with E-state index in [0.717, 1.165) is 18.5 Å². The summed E-state index contributed by atoms with van der Waals surface area (Å²) in [5, 5.41) is 4.21. The predicted octanol–water partition coefficient (Wildman–Crippen LogP) is 2.74. The third-order valence-corrected chi connectivity index (χ3v) is 2.37. The molecule has 0 aliphatic rings. The lowest BCUT2D eigenvalue weighted by atomic mass is 10.1. The summed E-state index contributed by atoms with van der Waals surface area (Å²) in [6, 6.07) is 0. The molecule has 4 nitrogen and oxygen atoms in total. The molecule has 1 atom stereocenters. The second kappa shape index (κ2) is 5.34. The van der Waals surface area contributed by atoms with Crippen molar-refractivity contribution in [3.8, 4) is 0 Å². The molecule has 17 heavy (non-hydrogen) atoms. The summed E-state index contributed by atoms with van der Waals surface area (Å²) in [6.07, 6.45) is 4.68. The van der Waals surface area contributed by atoms with Gasteiger partial charge in [-0.2, -0.15) is 5.10 Å². The van der Waals surface area contributed by atoms with E-state index >= 15 is 0 Å². The van der Waals surface area contributed by atoms with E-state index in [1.165, 1.54) is 0 Å². The monoisotopic (exact) mass is 238 g/mol. The van der Waals surface area contributed by atoms with Gasteiger partial charge in [-0.25, -0.2) is 0 Å². The smallest absolute Gasteiger partial charge is 0.313 e. The van der Waals surface area contributed by atoms with Gasteiger partial charge in [-0.1, -0.05) is 6.92 Å². The number of nitrogens with zero attached hydrogens (tertiary/aromatic N) is 2. The van der Waals surface area contributed by atoms with E-state index in [2.05, 4.69) is 12.0 Å². The molecule has 0 saturated heterocycles. The SMILES string of the molecule is CCCn1cc(C(C)C(=O)OC(C)(C)C)cn1. The summed E-state index contributed by atoms with van der Waals surface area (Å²) < 4.78 is 7.20. The van der Waals surface area contributed by atoms with Crippen LogP contribution >= 0.6 is 0 Å². The molecule has 0 amide bonds. The second-order valence-corrected chi connectivity index (χ2v) is 5.29. The van der Waals surface area contributed by atoms with Crippen molar-refractivity contribution in [3.63, 3.8) is 0 Å². The number of ether oxygens (including phenoxy) is 1. The van der Waals surface area contributed by atoms with Crippen LogP contribution < -0.4 is 0 Å². The fraction of sp³-hybridized carbons (Fsp3) is 0.692. The quantitative estimate of drug-likeness (QED) is 0.758. The molecule has 0 aromatic carbocycles. The average Bonchev–Trinajstić information content (AvgIpc) is 2.63. The zero-order chi connectivity index (χ0) is 13.1. The van der Waals surface area contributed by atoms with Crippen LogP contribution in [0.4, 0.5) is 0 Å². The number of carbonyl (C=O) groups excluding carboxylic acids is 1. The molecule has 0 fully saturated rings. The first-order chi connectivity index (χ1) is 7.83. The second-order valence-electron chi connectivity index (χ2n) is 5.29. The molecule has 1 unspecified atom stereocenters. The lowest BCUT2D eigenvalue weighted by Gasteiger charge is -2.21. The van der Waals surface area contributed by atoms with Gasteiger partial charge in [-0.05, 0) is 34.1 Å². The molecule has 0 N–H and O–H groups in total. The molecule has 1 aromatic heterocycles. The molecule has 4 heteroatoms. The molecule has 0 spiro atoms. The number of aryl methyl sites for hydroxylation is 1. The first-order valence-corrected chi connectivity index (χ1v) is 6.08. The minimum absolute atomic E-state index is 0.200. The van der Waals surface area contributed by atoms with E-state index in [-0.39, 0.29) is 11.9 Å². The van der Waals surface area contributed by atoms with Crippen molar-refractivity contribution in [2.75, 3.05) is 0 Å². The van der Waals surface area contributed by atoms with E-state index < -0.39 is 5.60 Å². The van der Waals surface area contributed by atoms with Crippen LogP contribution in [0.2, 0.25) is 0 Å². The van der Waals surface area contributed by atoms with Gasteiger partial charge < -0.3 is 4.74 Å². The van der Waals surface area contributed by atoms with E-state index in [1.807, 2.05) is 38.6 Å². The van der Waals surface area contributed by atoms with Crippen molar-refractivity contribution in [1.29, 1.82) is 0 Å². The largest absolute Gasteiger partial charge is 0.460 e.